The van der Waals surface area contributed by atoms with Crippen molar-refractivity contribution in [3.05, 3.63) is 59.2 Å². The number of hydrogen-bond acceptors (Lipinski definition) is 9. The molecule has 4 rings (SSSR count). The Bertz CT molecular complexity index is 1480. The summed E-state index contributed by atoms with van der Waals surface area (Å²) in [7, 11) is 2.08. The molecule has 13 nitrogen and oxygen atoms in total. The number of carbonyl (C=O) groups is 6. The van der Waals surface area contributed by atoms with Crippen LogP contribution in [0.5, 0.6) is 0 Å². The SMILES string of the molecule is CN(CCCCCCNc1cccc2c1C(=O)N(C1CCC(=O)NC1=O)C2=O)Cc1ccc(NC(=O)CCCCCCC(=O)NO)cc1. The third-order valence-corrected chi connectivity index (χ3v) is 8.62. The molecule has 2 aromatic carbocycles. The average Bonchev–Trinajstić information content (AvgIpc) is 3.32. The molecule has 0 aromatic heterocycles. The molecule has 6 amide bonds. The minimum absolute atomic E-state index is 0.0316. The van der Waals surface area contributed by atoms with Crippen molar-refractivity contribution >= 4 is 46.8 Å². The Kier molecular flexibility index (Phi) is 13.6. The van der Waals surface area contributed by atoms with Crippen LogP contribution in [0.2, 0.25) is 0 Å². The lowest BCUT2D eigenvalue weighted by Crippen LogP contribution is -2.54. The lowest BCUT2D eigenvalue weighted by molar-refractivity contribution is -0.136. The normalized spacial score (nSPS) is 15.8. The van der Waals surface area contributed by atoms with E-state index in [-0.39, 0.29) is 42.2 Å². The minimum Gasteiger partial charge on any atom is -0.384 e. The molecule has 2 aromatic rings. The predicted octanol–water partition coefficient (Wildman–Crippen LogP) is 3.98. The molecule has 2 aliphatic rings. The van der Waals surface area contributed by atoms with Gasteiger partial charge in [-0.2, -0.15) is 0 Å². The maximum absolute atomic E-state index is 13.2. The second kappa shape index (κ2) is 18.1. The summed E-state index contributed by atoms with van der Waals surface area (Å²) in [4.78, 5) is 76.6. The lowest BCUT2D eigenvalue weighted by Gasteiger charge is -2.27. The number of carbonyl (C=O) groups excluding carboxylic acids is 6. The van der Waals surface area contributed by atoms with Crippen LogP contribution >= 0.6 is 0 Å². The molecule has 0 radical (unpaired) electrons. The molecule has 5 N–H and O–H groups in total. The number of hydroxylamine groups is 1. The van der Waals surface area contributed by atoms with Gasteiger partial charge in [-0.3, -0.25) is 44.2 Å². The van der Waals surface area contributed by atoms with Gasteiger partial charge in [0.1, 0.15) is 6.04 Å². The second-order valence-electron chi connectivity index (χ2n) is 12.4. The number of hydrogen-bond donors (Lipinski definition) is 5. The van der Waals surface area contributed by atoms with Crippen LogP contribution in [-0.4, -0.2) is 76.6 Å². The first-order valence-electron chi connectivity index (χ1n) is 16.8. The molecule has 2 heterocycles. The molecule has 0 saturated carbocycles. The zero-order valence-electron chi connectivity index (χ0n) is 27.5. The van der Waals surface area contributed by atoms with E-state index in [4.69, 9.17) is 5.21 Å². The van der Waals surface area contributed by atoms with Crippen molar-refractivity contribution in [2.75, 3.05) is 30.8 Å². The Labute approximate surface area is 280 Å². The molecule has 1 unspecified atom stereocenters. The number of rotatable bonds is 19. The van der Waals surface area contributed by atoms with Crippen LogP contribution in [0.15, 0.2) is 42.5 Å². The van der Waals surface area contributed by atoms with Gasteiger partial charge in [0.2, 0.25) is 23.6 Å². The number of unbranched alkanes of at least 4 members (excludes halogenated alkanes) is 6. The minimum atomic E-state index is -0.983. The quantitative estimate of drug-likeness (QED) is 0.0645. The summed E-state index contributed by atoms with van der Waals surface area (Å²) in [5.74, 6) is -2.46. The standard InChI is InChI=1S/C35H46N6O7/c1-40(23-24-15-17-25(18-16-24)37-29(42)13-6-2-3-7-14-31(44)39-48)22-9-5-4-8-21-36-27-12-10-11-26-32(27)35(47)41(34(26)46)28-19-20-30(43)38-33(28)45/h10-12,15-18,28,36,48H,2-9,13-14,19-23H2,1H3,(H,37,42)(H,39,44)(H,38,43,45). The third kappa shape index (κ3) is 10.2. The zero-order chi connectivity index (χ0) is 34.5. The Balaban J connectivity index is 1.09. The number of piperidine rings is 1. The van der Waals surface area contributed by atoms with E-state index >= 15 is 0 Å². The van der Waals surface area contributed by atoms with E-state index in [0.717, 1.165) is 74.2 Å². The van der Waals surface area contributed by atoms with Crippen LogP contribution in [-0.2, 0) is 25.7 Å². The second-order valence-corrected chi connectivity index (χ2v) is 12.4. The Hall–Kier alpha value is -4.62. The molecule has 258 valence electrons. The zero-order valence-corrected chi connectivity index (χ0v) is 27.5. The van der Waals surface area contributed by atoms with E-state index in [2.05, 4.69) is 27.9 Å². The van der Waals surface area contributed by atoms with Crippen LogP contribution in [0.3, 0.4) is 0 Å². The number of anilines is 2. The van der Waals surface area contributed by atoms with Gasteiger partial charge in [0.05, 0.1) is 11.1 Å². The largest absolute Gasteiger partial charge is 0.384 e. The number of amides is 6. The summed E-state index contributed by atoms with van der Waals surface area (Å²) in [6.45, 7) is 2.38. The van der Waals surface area contributed by atoms with Crippen LogP contribution in [0, 0.1) is 0 Å². The summed E-state index contributed by atoms with van der Waals surface area (Å²) < 4.78 is 0. The molecule has 0 bridgehead atoms. The summed E-state index contributed by atoms with van der Waals surface area (Å²) in [6, 6.07) is 12.0. The van der Waals surface area contributed by atoms with Gasteiger partial charge in [0, 0.05) is 43.7 Å². The fourth-order valence-corrected chi connectivity index (χ4v) is 6.03. The number of benzene rings is 2. The molecule has 1 fully saturated rings. The number of nitrogens with one attached hydrogen (secondary N) is 4. The van der Waals surface area contributed by atoms with Crippen molar-refractivity contribution in [3.63, 3.8) is 0 Å². The monoisotopic (exact) mass is 662 g/mol. The van der Waals surface area contributed by atoms with E-state index in [9.17, 15) is 28.8 Å². The fraction of sp³-hybridized carbons (Fsp3) is 0.486. The van der Waals surface area contributed by atoms with Gasteiger partial charge in [-0.25, -0.2) is 5.48 Å². The summed E-state index contributed by atoms with van der Waals surface area (Å²) in [6.07, 6.45) is 8.00. The van der Waals surface area contributed by atoms with Crippen LogP contribution < -0.4 is 21.4 Å². The highest BCUT2D eigenvalue weighted by molar-refractivity contribution is 6.25. The van der Waals surface area contributed by atoms with Crippen LogP contribution in [0.1, 0.15) is 103 Å². The third-order valence-electron chi connectivity index (χ3n) is 8.62. The van der Waals surface area contributed by atoms with Crippen molar-refractivity contribution in [2.24, 2.45) is 0 Å². The highest BCUT2D eigenvalue weighted by Crippen LogP contribution is 2.32. The van der Waals surface area contributed by atoms with Gasteiger partial charge in [0.15, 0.2) is 0 Å². The number of nitrogens with zero attached hydrogens (tertiary/aromatic N) is 2. The van der Waals surface area contributed by atoms with Gasteiger partial charge in [0.25, 0.3) is 11.8 Å². The Morgan fingerprint density at radius 1 is 0.875 bits per heavy atom. The van der Waals surface area contributed by atoms with Gasteiger partial charge >= 0.3 is 0 Å². The van der Waals surface area contributed by atoms with Gasteiger partial charge in [-0.1, -0.05) is 43.9 Å². The number of imide groups is 2. The molecular weight excluding hydrogens is 616 g/mol. The molecule has 1 saturated heterocycles. The van der Waals surface area contributed by atoms with Crippen molar-refractivity contribution in [1.82, 2.24) is 20.6 Å². The molecule has 0 spiro atoms. The first kappa shape index (κ1) is 36.2. The van der Waals surface area contributed by atoms with Gasteiger partial charge in [-0.05, 0) is 75.5 Å². The van der Waals surface area contributed by atoms with E-state index in [1.165, 1.54) is 0 Å². The summed E-state index contributed by atoms with van der Waals surface area (Å²) in [5.41, 5.74) is 4.66. The smallest absolute Gasteiger partial charge is 0.264 e. The molecule has 2 aliphatic heterocycles. The van der Waals surface area contributed by atoms with Crippen LogP contribution in [0.4, 0.5) is 11.4 Å². The number of fused-ring (bicyclic) bond motifs is 1. The summed E-state index contributed by atoms with van der Waals surface area (Å²) >= 11 is 0. The average molecular weight is 663 g/mol. The molecule has 13 heteroatoms. The summed E-state index contributed by atoms with van der Waals surface area (Å²) in [5, 5.41) is 16.9. The maximum atomic E-state index is 13.2. The van der Waals surface area contributed by atoms with Crippen molar-refractivity contribution in [1.29, 1.82) is 0 Å². The van der Waals surface area contributed by atoms with Crippen molar-refractivity contribution in [2.45, 2.75) is 89.6 Å². The van der Waals surface area contributed by atoms with Gasteiger partial charge < -0.3 is 15.5 Å². The lowest BCUT2D eigenvalue weighted by atomic mass is 10.0. The predicted molar refractivity (Wildman–Crippen MR) is 179 cm³/mol. The van der Waals surface area contributed by atoms with E-state index in [0.29, 0.717) is 25.1 Å². The molecule has 1 atom stereocenters. The first-order chi connectivity index (χ1) is 23.2. The maximum Gasteiger partial charge on any atom is 0.264 e. The molecule has 48 heavy (non-hydrogen) atoms. The Morgan fingerprint density at radius 3 is 2.27 bits per heavy atom. The van der Waals surface area contributed by atoms with E-state index < -0.39 is 29.7 Å². The fourth-order valence-electron chi connectivity index (χ4n) is 6.03. The van der Waals surface area contributed by atoms with Gasteiger partial charge in [-0.15, -0.1) is 0 Å². The molecular formula is C35H46N6O7. The topological polar surface area (TPSA) is 177 Å². The van der Waals surface area contributed by atoms with Crippen molar-refractivity contribution < 1.29 is 34.0 Å². The van der Waals surface area contributed by atoms with E-state index in [1.807, 2.05) is 24.3 Å². The Morgan fingerprint density at radius 2 is 1.56 bits per heavy atom. The van der Waals surface area contributed by atoms with Crippen LogP contribution in [0.25, 0.3) is 0 Å². The van der Waals surface area contributed by atoms with Crippen molar-refractivity contribution in [3.8, 4) is 0 Å². The highest BCUT2D eigenvalue weighted by atomic mass is 16.5. The van der Waals surface area contributed by atoms with E-state index in [1.54, 1.807) is 23.7 Å². The molecule has 0 aliphatic carbocycles. The highest BCUT2D eigenvalue weighted by Gasteiger charge is 2.45. The first-order valence-corrected chi connectivity index (χ1v) is 16.8.